The minimum Gasteiger partial charge on any atom is -0.374 e. The topological polar surface area (TPSA) is 44.8 Å². The van der Waals surface area contributed by atoms with Crippen molar-refractivity contribution in [2.45, 2.75) is 83.9 Å². The van der Waals surface area contributed by atoms with Crippen molar-refractivity contribution < 1.29 is 18.1 Å². The molecule has 0 saturated carbocycles. The Morgan fingerprint density at radius 1 is 0.913 bits per heavy atom. The Bertz CT molecular complexity index is 285. The molecule has 0 fully saturated rings. The third-order valence-electron chi connectivity index (χ3n) is 3.72. The van der Waals surface area contributed by atoms with Gasteiger partial charge in [0.05, 0.1) is 5.25 Å². The summed E-state index contributed by atoms with van der Waals surface area (Å²) in [6, 6.07) is 0.651. The fraction of sp³-hybridized carbons (Fsp3) is 0.941. The van der Waals surface area contributed by atoms with E-state index in [1.54, 1.807) is 0 Å². The molecular formula is C17H36O4SSi. The molecule has 0 amide bonds. The van der Waals surface area contributed by atoms with Gasteiger partial charge in [0.25, 0.3) is 0 Å². The third-order valence-corrected chi connectivity index (χ3v) is 7.35. The molecule has 0 aliphatic carbocycles. The predicted octanol–water partition coefficient (Wildman–Crippen LogP) is 4.65. The first-order chi connectivity index (χ1) is 11.0. The summed E-state index contributed by atoms with van der Waals surface area (Å²) in [6.45, 7) is 9.72. The van der Waals surface area contributed by atoms with Crippen LogP contribution in [0, 0.1) is 0 Å². The molecule has 0 bridgehead atoms. The Balaban J connectivity index is 4.27. The highest BCUT2D eigenvalue weighted by molar-refractivity contribution is 7.81. The Kier molecular flexibility index (Phi) is 14.5. The van der Waals surface area contributed by atoms with Crippen molar-refractivity contribution in [1.29, 1.82) is 0 Å². The van der Waals surface area contributed by atoms with Crippen LogP contribution in [0.4, 0.5) is 0 Å². The third kappa shape index (κ3) is 10.6. The van der Waals surface area contributed by atoms with Crippen molar-refractivity contribution in [3.05, 3.63) is 0 Å². The van der Waals surface area contributed by atoms with Gasteiger partial charge in [-0.25, -0.2) is 0 Å². The smallest absolute Gasteiger partial charge is 0.374 e. The second-order valence-electron chi connectivity index (χ2n) is 5.67. The number of carbonyl (C=O) groups excluding carboxylic acids is 1. The highest BCUT2D eigenvalue weighted by Crippen LogP contribution is 2.22. The molecule has 0 N–H and O–H groups in total. The fourth-order valence-corrected chi connectivity index (χ4v) is 5.69. The van der Waals surface area contributed by atoms with Crippen LogP contribution >= 0.6 is 12.6 Å². The quantitative estimate of drug-likeness (QED) is 0.246. The van der Waals surface area contributed by atoms with Crippen molar-refractivity contribution in [2.75, 3.05) is 19.8 Å². The number of thiol groups is 1. The average molecular weight is 365 g/mol. The zero-order valence-corrected chi connectivity index (χ0v) is 17.3. The molecule has 0 aromatic rings. The molecule has 138 valence electrons. The maximum atomic E-state index is 12.2. The Morgan fingerprint density at radius 2 is 1.43 bits per heavy atom. The second-order valence-corrected chi connectivity index (χ2v) is 9.02. The summed E-state index contributed by atoms with van der Waals surface area (Å²) in [5.74, 6) is 0.234. The largest absolute Gasteiger partial charge is 0.500 e. The maximum absolute atomic E-state index is 12.2. The normalized spacial score (nSPS) is 13.3. The summed E-state index contributed by atoms with van der Waals surface area (Å²) in [6.07, 6.45) is 7.09. The summed E-state index contributed by atoms with van der Waals surface area (Å²) in [5.41, 5.74) is 0. The molecule has 1 unspecified atom stereocenters. The van der Waals surface area contributed by atoms with Crippen molar-refractivity contribution >= 4 is 27.2 Å². The SMILES string of the molecule is CCCCCCCC(=O)C(S)CC[Si](OCC)(OCC)OCC. The van der Waals surface area contributed by atoms with Gasteiger partial charge in [-0.1, -0.05) is 32.6 Å². The van der Waals surface area contributed by atoms with Crippen LogP contribution in [0.3, 0.4) is 0 Å². The van der Waals surface area contributed by atoms with E-state index < -0.39 is 8.80 Å². The highest BCUT2D eigenvalue weighted by Gasteiger charge is 2.40. The Labute approximate surface area is 149 Å². The van der Waals surface area contributed by atoms with Crippen molar-refractivity contribution in [1.82, 2.24) is 0 Å². The molecule has 0 spiro atoms. The molecule has 0 aliphatic rings. The van der Waals surface area contributed by atoms with Crippen molar-refractivity contribution in [2.24, 2.45) is 0 Å². The number of hydrogen-bond acceptors (Lipinski definition) is 5. The summed E-state index contributed by atoms with van der Waals surface area (Å²) in [4.78, 5) is 12.2. The van der Waals surface area contributed by atoms with Crippen molar-refractivity contribution in [3.63, 3.8) is 0 Å². The van der Waals surface area contributed by atoms with Gasteiger partial charge in [-0.2, -0.15) is 12.6 Å². The van der Waals surface area contributed by atoms with Crippen LogP contribution in [0.25, 0.3) is 0 Å². The van der Waals surface area contributed by atoms with Gasteiger partial charge in [0.15, 0.2) is 0 Å². The summed E-state index contributed by atoms with van der Waals surface area (Å²) in [7, 11) is -2.65. The van der Waals surface area contributed by atoms with Gasteiger partial charge in [0.1, 0.15) is 5.78 Å². The first-order valence-corrected chi connectivity index (χ1v) is 11.6. The van der Waals surface area contributed by atoms with Crippen LogP contribution < -0.4 is 0 Å². The minimum atomic E-state index is -2.65. The van der Waals surface area contributed by atoms with E-state index in [9.17, 15) is 4.79 Å². The molecule has 0 aliphatic heterocycles. The van der Waals surface area contributed by atoms with E-state index >= 15 is 0 Å². The van der Waals surface area contributed by atoms with Crippen LogP contribution in [-0.2, 0) is 18.1 Å². The molecule has 0 heterocycles. The lowest BCUT2D eigenvalue weighted by atomic mass is 10.1. The minimum absolute atomic E-state index is 0.234. The van der Waals surface area contributed by atoms with Crippen molar-refractivity contribution in [3.8, 4) is 0 Å². The summed E-state index contributed by atoms with van der Waals surface area (Å²) in [5, 5.41) is -0.241. The highest BCUT2D eigenvalue weighted by atomic mass is 32.1. The van der Waals surface area contributed by atoms with Crippen LogP contribution in [-0.4, -0.2) is 39.7 Å². The van der Waals surface area contributed by atoms with Crippen LogP contribution in [0.15, 0.2) is 0 Å². The van der Waals surface area contributed by atoms with Crippen LogP contribution in [0.1, 0.15) is 72.6 Å². The van der Waals surface area contributed by atoms with E-state index in [0.29, 0.717) is 38.7 Å². The van der Waals surface area contributed by atoms with Gasteiger partial charge in [-0.15, -0.1) is 0 Å². The predicted molar refractivity (Wildman–Crippen MR) is 101 cm³/mol. The zero-order chi connectivity index (χ0) is 17.6. The lowest BCUT2D eigenvalue weighted by molar-refractivity contribution is -0.118. The van der Waals surface area contributed by atoms with Gasteiger partial charge < -0.3 is 13.3 Å². The number of ketones is 1. The van der Waals surface area contributed by atoms with E-state index in [0.717, 1.165) is 12.8 Å². The molecule has 0 rings (SSSR count). The molecule has 0 aromatic heterocycles. The lowest BCUT2D eigenvalue weighted by Gasteiger charge is -2.29. The number of Topliss-reactive ketones (excluding diaryl/α,β-unsaturated/α-hetero) is 1. The molecule has 0 radical (unpaired) electrons. The van der Waals surface area contributed by atoms with E-state index in [-0.39, 0.29) is 11.0 Å². The van der Waals surface area contributed by atoms with E-state index in [2.05, 4.69) is 19.6 Å². The standard InChI is InChI=1S/C17H36O4SSi/c1-5-9-10-11-12-13-16(18)17(22)14-15-23(19-6-2,20-7-3)21-8-4/h17,22H,5-15H2,1-4H3. The van der Waals surface area contributed by atoms with E-state index in [1.165, 1.54) is 19.3 Å². The van der Waals surface area contributed by atoms with E-state index in [4.69, 9.17) is 13.3 Å². The Hall–Kier alpha value is 0.117. The molecule has 23 heavy (non-hydrogen) atoms. The molecule has 6 heteroatoms. The lowest BCUT2D eigenvalue weighted by Crippen LogP contribution is -2.46. The number of carbonyl (C=O) groups is 1. The monoisotopic (exact) mass is 364 g/mol. The molecule has 4 nitrogen and oxygen atoms in total. The average Bonchev–Trinajstić information content (AvgIpc) is 2.53. The van der Waals surface area contributed by atoms with Gasteiger partial charge in [-0.3, -0.25) is 4.79 Å². The molecule has 0 aromatic carbocycles. The van der Waals surface area contributed by atoms with Gasteiger partial charge in [0.2, 0.25) is 0 Å². The Morgan fingerprint density at radius 3 is 1.91 bits per heavy atom. The van der Waals surface area contributed by atoms with Gasteiger partial charge >= 0.3 is 8.80 Å². The number of hydrogen-bond donors (Lipinski definition) is 1. The zero-order valence-electron chi connectivity index (χ0n) is 15.4. The number of unbranched alkanes of at least 4 members (excludes halogenated alkanes) is 4. The van der Waals surface area contributed by atoms with E-state index in [1.807, 2.05) is 20.8 Å². The first kappa shape index (κ1) is 23.1. The second kappa shape index (κ2) is 14.5. The fourth-order valence-electron chi connectivity index (χ4n) is 2.55. The number of rotatable bonds is 16. The van der Waals surface area contributed by atoms with Gasteiger partial charge in [-0.05, 0) is 33.6 Å². The van der Waals surface area contributed by atoms with Crippen LogP contribution in [0.2, 0.25) is 6.04 Å². The molecule has 1 atom stereocenters. The maximum Gasteiger partial charge on any atom is 0.500 e. The molecule has 0 saturated heterocycles. The first-order valence-electron chi connectivity index (χ1n) is 9.17. The van der Waals surface area contributed by atoms with Crippen LogP contribution in [0.5, 0.6) is 0 Å². The molecular weight excluding hydrogens is 328 g/mol. The summed E-state index contributed by atoms with van der Waals surface area (Å²) < 4.78 is 17.4. The van der Waals surface area contributed by atoms with Gasteiger partial charge in [0, 0.05) is 32.3 Å². The summed E-state index contributed by atoms with van der Waals surface area (Å²) >= 11 is 4.49.